The maximum absolute atomic E-state index is 3.60. The van der Waals surface area contributed by atoms with Crippen LogP contribution in [0.1, 0.15) is 25.7 Å². The predicted molar refractivity (Wildman–Crippen MR) is 51.6 cm³/mol. The summed E-state index contributed by atoms with van der Waals surface area (Å²) in [5, 5.41) is 3.60. The van der Waals surface area contributed by atoms with Crippen molar-refractivity contribution >= 4 is 22.6 Å². The van der Waals surface area contributed by atoms with Crippen LogP contribution < -0.4 is 5.32 Å². The second kappa shape index (κ2) is 2.97. The van der Waals surface area contributed by atoms with E-state index in [4.69, 9.17) is 0 Å². The summed E-state index contributed by atoms with van der Waals surface area (Å²) in [7, 11) is 0. The molecular formula is C8H14IN. The number of hydrogen-bond acceptors (Lipinski definition) is 1. The van der Waals surface area contributed by atoms with Gasteiger partial charge in [-0.2, -0.15) is 0 Å². The lowest BCUT2D eigenvalue weighted by molar-refractivity contribution is 0.332. The van der Waals surface area contributed by atoms with Crippen LogP contribution in [0.3, 0.4) is 0 Å². The van der Waals surface area contributed by atoms with Crippen molar-refractivity contribution in [3.8, 4) is 0 Å². The Hall–Kier alpha value is 0.690. The van der Waals surface area contributed by atoms with Gasteiger partial charge in [-0.15, -0.1) is 0 Å². The second-order valence-corrected chi connectivity index (χ2v) is 5.08. The van der Waals surface area contributed by atoms with E-state index < -0.39 is 0 Å². The van der Waals surface area contributed by atoms with Crippen molar-refractivity contribution in [1.29, 1.82) is 0 Å². The Morgan fingerprint density at radius 3 is 2.80 bits per heavy atom. The molecule has 2 aliphatic rings. The molecule has 0 aromatic rings. The molecule has 0 radical (unpaired) electrons. The summed E-state index contributed by atoms with van der Waals surface area (Å²) in [6.07, 6.45) is 5.84. The summed E-state index contributed by atoms with van der Waals surface area (Å²) >= 11 is 2.60. The summed E-state index contributed by atoms with van der Waals surface area (Å²) in [6, 6.07) is 0.885. The summed E-state index contributed by atoms with van der Waals surface area (Å²) in [5.74, 6) is 1.01. The minimum absolute atomic E-state index is 0.885. The van der Waals surface area contributed by atoms with Gasteiger partial charge in [-0.25, -0.2) is 0 Å². The fourth-order valence-electron chi connectivity index (χ4n) is 2.26. The van der Waals surface area contributed by atoms with Crippen LogP contribution in [0.5, 0.6) is 0 Å². The molecule has 1 saturated heterocycles. The van der Waals surface area contributed by atoms with E-state index in [0.29, 0.717) is 0 Å². The third kappa shape index (κ3) is 1.20. The zero-order chi connectivity index (χ0) is 6.97. The molecule has 0 bridgehead atoms. The normalized spacial score (nSPS) is 47.1. The maximum Gasteiger partial charge on any atom is 0.0278 e. The summed E-state index contributed by atoms with van der Waals surface area (Å²) in [5.41, 5.74) is 0. The molecule has 2 unspecified atom stereocenters. The Bertz CT molecular complexity index is 124. The van der Waals surface area contributed by atoms with Crippen molar-refractivity contribution in [3.05, 3.63) is 0 Å². The first-order chi connectivity index (χ1) is 4.88. The smallest absolute Gasteiger partial charge is 0.0278 e. The molecule has 1 nitrogen and oxygen atoms in total. The first-order valence-electron chi connectivity index (χ1n) is 4.25. The molecule has 2 fully saturated rings. The minimum Gasteiger partial charge on any atom is -0.313 e. The lowest BCUT2D eigenvalue weighted by Crippen LogP contribution is -2.30. The van der Waals surface area contributed by atoms with Crippen molar-refractivity contribution in [2.45, 2.75) is 35.6 Å². The molecule has 2 rings (SSSR count). The molecule has 3 atom stereocenters. The number of rotatable bonds is 0. The minimum atomic E-state index is 0.885. The van der Waals surface area contributed by atoms with Crippen molar-refractivity contribution in [2.24, 2.45) is 5.92 Å². The Kier molecular flexibility index (Phi) is 2.18. The largest absolute Gasteiger partial charge is 0.313 e. The van der Waals surface area contributed by atoms with Crippen LogP contribution in [0.25, 0.3) is 0 Å². The van der Waals surface area contributed by atoms with Gasteiger partial charge in [0.05, 0.1) is 0 Å². The average molecular weight is 251 g/mol. The Balaban J connectivity index is 2.01. The number of fused-ring (bicyclic) bond motifs is 1. The molecule has 1 saturated carbocycles. The fraction of sp³-hybridized carbons (Fsp3) is 1.00. The van der Waals surface area contributed by atoms with Crippen LogP contribution >= 0.6 is 22.6 Å². The van der Waals surface area contributed by atoms with Crippen molar-refractivity contribution in [3.63, 3.8) is 0 Å². The van der Waals surface area contributed by atoms with Gasteiger partial charge in [0.2, 0.25) is 0 Å². The number of halogens is 1. The fourth-order valence-corrected chi connectivity index (χ4v) is 3.38. The van der Waals surface area contributed by atoms with Gasteiger partial charge in [-0.1, -0.05) is 35.4 Å². The molecule has 0 amide bonds. The third-order valence-corrected chi connectivity index (χ3v) is 4.22. The summed E-state index contributed by atoms with van der Waals surface area (Å²) < 4.78 is 0.919. The topological polar surface area (TPSA) is 12.0 Å². The van der Waals surface area contributed by atoms with Crippen LogP contribution in [0.15, 0.2) is 0 Å². The van der Waals surface area contributed by atoms with Gasteiger partial charge in [0.15, 0.2) is 0 Å². The molecule has 1 aliphatic heterocycles. The van der Waals surface area contributed by atoms with Crippen LogP contribution in [-0.2, 0) is 0 Å². The lowest BCUT2D eigenvalue weighted by Gasteiger charge is -2.26. The Morgan fingerprint density at radius 1 is 1.20 bits per heavy atom. The first-order valence-corrected chi connectivity index (χ1v) is 5.50. The van der Waals surface area contributed by atoms with Crippen LogP contribution in [-0.4, -0.2) is 16.5 Å². The molecule has 0 aromatic heterocycles. The van der Waals surface area contributed by atoms with E-state index >= 15 is 0 Å². The van der Waals surface area contributed by atoms with E-state index in [0.717, 1.165) is 15.9 Å². The second-order valence-electron chi connectivity index (χ2n) is 3.48. The zero-order valence-corrected chi connectivity index (χ0v) is 8.30. The molecule has 1 N–H and O–H groups in total. The first kappa shape index (κ1) is 7.35. The monoisotopic (exact) mass is 251 g/mol. The predicted octanol–water partition coefficient (Wildman–Crippen LogP) is 1.95. The molecule has 1 aliphatic carbocycles. The van der Waals surface area contributed by atoms with Crippen molar-refractivity contribution in [1.82, 2.24) is 5.32 Å². The maximum atomic E-state index is 3.60. The third-order valence-electron chi connectivity index (χ3n) is 2.86. The molecule has 1 heterocycles. The van der Waals surface area contributed by atoms with E-state index in [-0.39, 0.29) is 0 Å². The van der Waals surface area contributed by atoms with Gasteiger partial charge < -0.3 is 5.32 Å². The van der Waals surface area contributed by atoms with E-state index in [2.05, 4.69) is 27.9 Å². The highest BCUT2D eigenvalue weighted by atomic mass is 127. The number of nitrogens with one attached hydrogen (secondary N) is 1. The van der Waals surface area contributed by atoms with Crippen LogP contribution in [0, 0.1) is 5.92 Å². The summed E-state index contributed by atoms with van der Waals surface area (Å²) in [4.78, 5) is 0. The number of alkyl halides is 1. The number of hydrogen-bond donors (Lipinski definition) is 1. The van der Waals surface area contributed by atoms with Crippen molar-refractivity contribution < 1.29 is 0 Å². The quantitative estimate of drug-likeness (QED) is 0.512. The Labute approximate surface area is 76.1 Å². The van der Waals surface area contributed by atoms with E-state index in [1.807, 2.05) is 0 Å². The molecular weight excluding hydrogens is 237 g/mol. The van der Waals surface area contributed by atoms with Crippen LogP contribution in [0.4, 0.5) is 0 Å². The standard InChI is InChI=1S/C8H14IN/c9-7-5-10-8-4-2-1-3-6(7)8/h6-8,10H,1-5H2/t6-,7?,8?/m0/s1. The molecule has 0 spiro atoms. The van der Waals surface area contributed by atoms with E-state index in [9.17, 15) is 0 Å². The highest BCUT2D eigenvalue weighted by Crippen LogP contribution is 2.34. The Morgan fingerprint density at radius 2 is 2.00 bits per heavy atom. The van der Waals surface area contributed by atoms with Crippen LogP contribution in [0.2, 0.25) is 0 Å². The van der Waals surface area contributed by atoms with Crippen molar-refractivity contribution in [2.75, 3.05) is 6.54 Å². The SMILES string of the molecule is IC1CNC2CCCC[C@@H]12. The van der Waals surface area contributed by atoms with E-state index in [1.165, 1.54) is 32.2 Å². The molecule has 0 aromatic carbocycles. The lowest BCUT2D eigenvalue weighted by atomic mass is 9.85. The summed E-state index contributed by atoms with van der Waals surface area (Å²) in [6.45, 7) is 1.26. The molecule has 58 valence electrons. The van der Waals surface area contributed by atoms with Gasteiger partial charge in [-0.3, -0.25) is 0 Å². The zero-order valence-electron chi connectivity index (χ0n) is 6.15. The highest BCUT2D eigenvalue weighted by molar-refractivity contribution is 14.1. The van der Waals surface area contributed by atoms with E-state index in [1.54, 1.807) is 0 Å². The van der Waals surface area contributed by atoms with Gasteiger partial charge in [-0.05, 0) is 18.8 Å². The highest BCUT2D eigenvalue weighted by Gasteiger charge is 2.35. The molecule has 2 heteroatoms. The average Bonchev–Trinajstić information content (AvgIpc) is 2.34. The van der Waals surface area contributed by atoms with Gasteiger partial charge in [0.1, 0.15) is 0 Å². The van der Waals surface area contributed by atoms with Gasteiger partial charge in [0, 0.05) is 16.5 Å². The van der Waals surface area contributed by atoms with Gasteiger partial charge in [0.25, 0.3) is 0 Å². The molecule has 10 heavy (non-hydrogen) atoms. The van der Waals surface area contributed by atoms with Gasteiger partial charge >= 0.3 is 0 Å².